The van der Waals surface area contributed by atoms with Crippen LogP contribution in [0.2, 0.25) is 0 Å². The van der Waals surface area contributed by atoms with Gasteiger partial charge in [-0.3, -0.25) is 4.90 Å². The van der Waals surface area contributed by atoms with Crippen LogP contribution in [0.15, 0.2) is 79.1 Å². The van der Waals surface area contributed by atoms with E-state index in [2.05, 4.69) is 64.3 Å². The van der Waals surface area contributed by atoms with Gasteiger partial charge in [0.2, 0.25) is 0 Å². The number of carbonyl (C=O) groups is 1. The van der Waals surface area contributed by atoms with Crippen LogP contribution in [0.25, 0.3) is 5.69 Å². The molecule has 1 aliphatic heterocycles. The summed E-state index contributed by atoms with van der Waals surface area (Å²) in [5.74, 6) is -2.76. The van der Waals surface area contributed by atoms with Crippen molar-refractivity contribution in [1.29, 1.82) is 5.26 Å². The number of halogens is 3. The molecule has 0 saturated carbocycles. The highest BCUT2D eigenvalue weighted by Gasteiger charge is 2.38. The van der Waals surface area contributed by atoms with Crippen molar-refractivity contribution in [1.82, 2.24) is 9.47 Å². The maximum Gasteiger partial charge on any atom is 0.490 e. The summed E-state index contributed by atoms with van der Waals surface area (Å²) in [6.07, 6.45) is 0.833. The zero-order valence-electron chi connectivity index (χ0n) is 17.9. The Morgan fingerprint density at radius 3 is 2.00 bits per heavy atom. The normalized spacial score (nSPS) is 15.7. The molecule has 0 atom stereocenters. The molecule has 2 heterocycles. The van der Waals surface area contributed by atoms with Crippen LogP contribution in [0, 0.1) is 11.3 Å². The van der Waals surface area contributed by atoms with Gasteiger partial charge in [0.1, 0.15) is 0 Å². The molecular formula is C25H24F3N3O2. The minimum atomic E-state index is -5.08. The summed E-state index contributed by atoms with van der Waals surface area (Å²) in [5.41, 5.74) is 3.35. The van der Waals surface area contributed by atoms with Crippen molar-refractivity contribution in [2.45, 2.75) is 31.0 Å². The van der Waals surface area contributed by atoms with E-state index in [-0.39, 0.29) is 5.41 Å². The smallest absolute Gasteiger partial charge is 0.475 e. The lowest BCUT2D eigenvalue weighted by Crippen LogP contribution is -2.41. The molecule has 8 heteroatoms. The van der Waals surface area contributed by atoms with E-state index in [1.807, 2.05) is 30.3 Å². The summed E-state index contributed by atoms with van der Waals surface area (Å²) in [4.78, 5) is 11.4. The van der Waals surface area contributed by atoms with Crippen LogP contribution in [-0.2, 0) is 16.8 Å². The van der Waals surface area contributed by atoms with Gasteiger partial charge < -0.3 is 9.67 Å². The van der Waals surface area contributed by atoms with Crippen molar-refractivity contribution in [2.24, 2.45) is 0 Å². The van der Waals surface area contributed by atoms with E-state index in [9.17, 15) is 18.4 Å². The second kappa shape index (κ2) is 10.4. The van der Waals surface area contributed by atoms with Crippen LogP contribution in [0.1, 0.15) is 24.0 Å². The van der Waals surface area contributed by atoms with Crippen molar-refractivity contribution in [2.75, 3.05) is 13.1 Å². The number of hydrogen-bond acceptors (Lipinski definition) is 3. The van der Waals surface area contributed by atoms with Crippen LogP contribution in [0.3, 0.4) is 0 Å². The molecule has 0 bridgehead atoms. The molecule has 0 aliphatic carbocycles. The molecule has 1 aromatic heterocycles. The standard InChI is InChI=1S/C23H23N3.C2HF3O2/c24-19-23(21-6-2-1-3-7-21)12-16-25(17-13-23)18-20-8-10-22(11-9-20)26-14-4-5-15-26;3-2(4,5)1(6)7/h1-11,14-15H,12-13,16-18H2;(H,6,7). The first kappa shape index (κ1) is 24.1. The summed E-state index contributed by atoms with van der Waals surface area (Å²) in [7, 11) is 0. The van der Waals surface area contributed by atoms with Crippen molar-refractivity contribution in [3.63, 3.8) is 0 Å². The lowest BCUT2D eigenvalue weighted by molar-refractivity contribution is -0.192. The highest BCUT2D eigenvalue weighted by molar-refractivity contribution is 5.73. The Kier molecular flexibility index (Phi) is 7.56. The molecule has 1 fully saturated rings. The fourth-order valence-electron chi connectivity index (χ4n) is 3.85. The van der Waals surface area contributed by atoms with Gasteiger partial charge in [0.15, 0.2) is 0 Å². The van der Waals surface area contributed by atoms with Crippen LogP contribution >= 0.6 is 0 Å². The molecule has 3 aromatic rings. The van der Waals surface area contributed by atoms with Gasteiger partial charge in [-0.25, -0.2) is 4.79 Å². The van der Waals surface area contributed by atoms with Gasteiger partial charge in [-0.05, 0) is 48.2 Å². The molecule has 33 heavy (non-hydrogen) atoms. The fraction of sp³-hybridized carbons (Fsp3) is 0.280. The Morgan fingerprint density at radius 2 is 1.52 bits per heavy atom. The topological polar surface area (TPSA) is 69.3 Å². The summed E-state index contributed by atoms with van der Waals surface area (Å²) in [6.45, 7) is 2.87. The first-order valence-corrected chi connectivity index (χ1v) is 10.4. The third-order valence-corrected chi connectivity index (χ3v) is 5.74. The molecule has 1 N–H and O–H groups in total. The lowest BCUT2D eigenvalue weighted by atomic mass is 9.74. The van der Waals surface area contributed by atoms with Crippen molar-refractivity contribution in [3.8, 4) is 11.8 Å². The minimum absolute atomic E-state index is 0.323. The number of nitriles is 1. The molecule has 0 amide bonds. The molecule has 5 nitrogen and oxygen atoms in total. The number of carboxylic acids is 1. The molecular weight excluding hydrogens is 431 g/mol. The van der Waals surface area contributed by atoms with Crippen molar-refractivity contribution < 1.29 is 23.1 Å². The number of benzene rings is 2. The fourth-order valence-corrected chi connectivity index (χ4v) is 3.85. The van der Waals surface area contributed by atoms with Gasteiger partial charge in [0.05, 0.1) is 11.5 Å². The Bertz CT molecular complexity index is 1060. The summed E-state index contributed by atoms with van der Waals surface area (Å²) >= 11 is 0. The number of likely N-dealkylation sites (tertiary alicyclic amines) is 1. The number of alkyl halides is 3. The molecule has 1 saturated heterocycles. The maximum atomic E-state index is 10.6. The van der Waals surface area contributed by atoms with Crippen molar-refractivity contribution in [3.05, 3.63) is 90.3 Å². The monoisotopic (exact) mass is 455 g/mol. The number of aliphatic carboxylic acids is 1. The highest BCUT2D eigenvalue weighted by Crippen LogP contribution is 2.35. The van der Waals surface area contributed by atoms with Gasteiger partial charge >= 0.3 is 12.1 Å². The zero-order chi connectivity index (χ0) is 23.9. The first-order chi connectivity index (χ1) is 15.7. The minimum Gasteiger partial charge on any atom is -0.475 e. The zero-order valence-corrected chi connectivity index (χ0v) is 17.9. The second-order valence-electron chi connectivity index (χ2n) is 7.90. The predicted molar refractivity (Wildman–Crippen MR) is 118 cm³/mol. The SMILES string of the molecule is N#CC1(c2ccccc2)CCN(Cc2ccc(-n3cccc3)cc2)CC1.O=C(O)C(F)(F)F. The van der Waals surface area contributed by atoms with E-state index < -0.39 is 12.1 Å². The first-order valence-electron chi connectivity index (χ1n) is 10.4. The largest absolute Gasteiger partial charge is 0.490 e. The molecule has 0 unspecified atom stereocenters. The van der Waals surface area contributed by atoms with E-state index in [1.54, 1.807) is 0 Å². The van der Waals surface area contributed by atoms with Crippen LogP contribution in [0.4, 0.5) is 13.2 Å². The number of aromatic nitrogens is 1. The number of carboxylic acid groups (broad SMARTS) is 1. The lowest BCUT2D eigenvalue weighted by Gasteiger charge is -2.37. The number of hydrogen-bond donors (Lipinski definition) is 1. The average molecular weight is 455 g/mol. The third-order valence-electron chi connectivity index (χ3n) is 5.74. The highest BCUT2D eigenvalue weighted by atomic mass is 19.4. The molecule has 0 spiro atoms. The van der Waals surface area contributed by atoms with Gasteiger partial charge in [-0.2, -0.15) is 18.4 Å². The van der Waals surface area contributed by atoms with Crippen LogP contribution < -0.4 is 0 Å². The van der Waals surface area contributed by atoms with Gasteiger partial charge in [0, 0.05) is 37.7 Å². The Morgan fingerprint density at radius 1 is 0.970 bits per heavy atom. The molecule has 172 valence electrons. The van der Waals surface area contributed by atoms with Crippen LogP contribution in [0.5, 0.6) is 0 Å². The van der Waals surface area contributed by atoms with E-state index in [0.717, 1.165) is 32.5 Å². The molecule has 1 aliphatic rings. The molecule has 2 aromatic carbocycles. The van der Waals surface area contributed by atoms with Gasteiger partial charge in [-0.15, -0.1) is 0 Å². The van der Waals surface area contributed by atoms with E-state index >= 15 is 0 Å². The number of rotatable bonds is 4. The maximum absolute atomic E-state index is 10.6. The van der Waals surface area contributed by atoms with E-state index in [4.69, 9.17) is 9.90 Å². The quantitative estimate of drug-likeness (QED) is 0.590. The third kappa shape index (κ3) is 6.24. The average Bonchev–Trinajstić information content (AvgIpc) is 3.36. The number of piperidine rings is 1. The van der Waals surface area contributed by atoms with Gasteiger partial charge in [0.25, 0.3) is 0 Å². The molecule has 0 radical (unpaired) electrons. The van der Waals surface area contributed by atoms with Crippen LogP contribution in [-0.4, -0.2) is 39.8 Å². The Hall–Kier alpha value is -3.57. The summed E-state index contributed by atoms with van der Waals surface area (Å²) in [6, 6.07) is 25.7. The second-order valence-corrected chi connectivity index (χ2v) is 7.90. The summed E-state index contributed by atoms with van der Waals surface area (Å²) in [5, 5.41) is 16.9. The van der Waals surface area contributed by atoms with E-state index in [1.165, 1.54) is 16.8 Å². The van der Waals surface area contributed by atoms with Gasteiger partial charge in [-0.1, -0.05) is 42.5 Å². The van der Waals surface area contributed by atoms with E-state index in [0.29, 0.717) is 0 Å². The number of nitrogens with zero attached hydrogens (tertiary/aromatic N) is 3. The Balaban J connectivity index is 0.000000383. The summed E-state index contributed by atoms with van der Waals surface area (Å²) < 4.78 is 33.9. The molecule has 4 rings (SSSR count). The van der Waals surface area contributed by atoms with Crippen molar-refractivity contribution >= 4 is 5.97 Å². The predicted octanol–water partition coefficient (Wildman–Crippen LogP) is 5.17. The Labute approximate surface area is 190 Å².